The molecule has 0 aliphatic heterocycles. The number of methoxy groups -OCH3 is 1. The molecule has 0 bridgehead atoms. The summed E-state index contributed by atoms with van der Waals surface area (Å²) in [6.07, 6.45) is 2.37. The quantitative estimate of drug-likeness (QED) is 0.547. The summed E-state index contributed by atoms with van der Waals surface area (Å²) in [6.45, 7) is 2.91. The van der Waals surface area contributed by atoms with Gasteiger partial charge >= 0.3 is 0 Å². The first-order chi connectivity index (χ1) is 12.7. The lowest BCUT2D eigenvalue weighted by atomic mass is 10.1. The first kappa shape index (κ1) is 16.3. The van der Waals surface area contributed by atoms with Crippen molar-refractivity contribution in [3.05, 3.63) is 52.7 Å². The summed E-state index contributed by atoms with van der Waals surface area (Å²) >= 11 is 0. The molecule has 0 unspecified atom stereocenters. The molecule has 3 heterocycles. The van der Waals surface area contributed by atoms with Crippen molar-refractivity contribution >= 4 is 16.8 Å². The maximum absolute atomic E-state index is 12.6. The maximum Gasteiger partial charge on any atom is 0.283 e. The van der Waals surface area contributed by atoms with E-state index in [2.05, 4.69) is 20.3 Å². The van der Waals surface area contributed by atoms with Crippen LogP contribution in [0.3, 0.4) is 0 Å². The van der Waals surface area contributed by atoms with E-state index in [1.165, 1.54) is 6.33 Å². The highest BCUT2D eigenvalue weighted by Crippen LogP contribution is 2.28. The molecule has 0 saturated heterocycles. The molecule has 26 heavy (non-hydrogen) atoms. The van der Waals surface area contributed by atoms with E-state index in [1.54, 1.807) is 16.2 Å². The van der Waals surface area contributed by atoms with Crippen LogP contribution in [0.4, 0.5) is 0 Å². The van der Waals surface area contributed by atoms with Gasteiger partial charge in [0.25, 0.3) is 5.56 Å². The van der Waals surface area contributed by atoms with Crippen molar-refractivity contribution in [3.63, 3.8) is 0 Å². The number of benzene rings is 1. The molecule has 0 aliphatic rings. The third-order valence-electron chi connectivity index (χ3n) is 4.18. The molecule has 0 radical (unpaired) electrons. The zero-order chi connectivity index (χ0) is 18.1. The van der Waals surface area contributed by atoms with Gasteiger partial charge in [-0.15, -0.1) is 10.2 Å². The summed E-state index contributed by atoms with van der Waals surface area (Å²) in [5.74, 6) is 0. The highest BCUT2D eigenvalue weighted by molar-refractivity contribution is 5.83. The lowest BCUT2D eigenvalue weighted by Gasteiger charge is -2.05. The molecule has 0 spiro atoms. The molecule has 0 atom stereocenters. The van der Waals surface area contributed by atoms with Gasteiger partial charge < -0.3 is 4.74 Å². The Morgan fingerprint density at radius 1 is 1.12 bits per heavy atom. The number of aromatic nitrogens is 6. The van der Waals surface area contributed by atoms with Gasteiger partial charge in [0.2, 0.25) is 0 Å². The predicted molar refractivity (Wildman–Crippen MR) is 96.8 cm³/mol. The van der Waals surface area contributed by atoms with Crippen molar-refractivity contribution < 1.29 is 4.74 Å². The highest BCUT2D eigenvalue weighted by Gasteiger charge is 2.20. The largest absolute Gasteiger partial charge is 0.378 e. The number of nitrogens with zero attached hydrogens (tertiary/aromatic N) is 6. The van der Waals surface area contributed by atoms with Crippen LogP contribution in [-0.2, 0) is 17.9 Å². The van der Waals surface area contributed by atoms with Gasteiger partial charge in [-0.2, -0.15) is 9.61 Å². The average molecular weight is 350 g/mol. The Hall–Kier alpha value is -3.13. The molecule has 3 aromatic heterocycles. The molecule has 4 rings (SSSR count). The second-order valence-electron chi connectivity index (χ2n) is 5.97. The molecular weight excluding hydrogens is 332 g/mol. The van der Waals surface area contributed by atoms with Gasteiger partial charge in [-0.3, -0.25) is 9.36 Å². The standard InChI is InChI=1S/C18H18N6O2/c1-3-9-23-11-19-17-15(18(23)25)20-21-16-14(12-7-5-4-6-8-12)13(10-26-2)22-24(16)17/h4-8,11H,3,9-10H2,1-2H3. The van der Waals surface area contributed by atoms with Gasteiger partial charge in [-0.1, -0.05) is 37.3 Å². The lowest BCUT2D eigenvalue weighted by Crippen LogP contribution is -2.22. The van der Waals surface area contributed by atoms with Crippen LogP contribution >= 0.6 is 0 Å². The van der Waals surface area contributed by atoms with Crippen LogP contribution < -0.4 is 5.56 Å². The molecule has 8 nitrogen and oxygen atoms in total. The zero-order valence-corrected chi connectivity index (χ0v) is 14.6. The molecule has 8 heteroatoms. The van der Waals surface area contributed by atoms with E-state index < -0.39 is 0 Å². The van der Waals surface area contributed by atoms with Gasteiger partial charge in [0.1, 0.15) is 6.33 Å². The Bertz CT molecular complexity index is 1130. The van der Waals surface area contributed by atoms with Crippen molar-refractivity contribution in [1.82, 2.24) is 29.4 Å². The zero-order valence-electron chi connectivity index (χ0n) is 14.6. The first-order valence-electron chi connectivity index (χ1n) is 8.42. The Kier molecular flexibility index (Phi) is 4.18. The minimum atomic E-state index is -0.212. The molecule has 0 saturated carbocycles. The van der Waals surface area contributed by atoms with Crippen molar-refractivity contribution in [2.75, 3.05) is 7.11 Å². The Morgan fingerprint density at radius 2 is 1.92 bits per heavy atom. The summed E-state index contributed by atoms with van der Waals surface area (Å²) < 4.78 is 8.42. The van der Waals surface area contributed by atoms with Crippen LogP contribution in [0.15, 0.2) is 41.5 Å². The monoisotopic (exact) mass is 350 g/mol. The third-order valence-corrected chi connectivity index (χ3v) is 4.18. The van der Waals surface area contributed by atoms with E-state index in [-0.39, 0.29) is 11.1 Å². The molecule has 4 aromatic rings. The van der Waals surface area contributed by atoms with Gasteiger partial charge in [-0.25, -0.2) is 4.98 Å². The van der Waals surface area contributed by atoms with Gasteiger partial charge in [0.05, 0.1) is 17.9 Å². The second kappa shape index (κ2) is 6.64. The fourth-order valence-electron chi connectivity index (χ4n) is 3.04. The minimum Gasteiger partial charge on any atom is -0.378 e. The molecule has 0 amide bonds. The Morgan fingerprint density at radius 3 is 2.65 bits per heavy atom. The average Bonchev–Trinajstić information content (AvgIpc) is 3.03. The Labute approximate surface area is 149 Å². The van der Waals surface area contributed by atoms with Crippen LogP contribution in [0.1, 0.15) is 19.0 Å². The van der Waals surface area contributed by atoms with E-state index >= 15 is 0 Å². The molecule has 0 fully saturated rings. The highest BCUT2D eigenvalue weighted by atomic mass is 16.5. The van der Waals surface area contributed by atoms with E-state index in [0.717, 1.165) is 23.2 Å². The number of rotatable bonds is 5. The number of hydrogen-bond donors (Lipinski definition) is 0. The summed E-state index contributed by atoms with van der Waals surface area (Å²) in [6, 6.07) is 9.81. The van der Waals surface area contributed by atoms with E-state index in [4.69, 9.17) is 4.74 Å². The maximum atomic E-state index is 12.6. The number of fused-ring (bicyclic) bond motifs is 3. The van der Waals surface area contributed by atoms with Crippen molar-refractivity contribution in [2.24, 2.45) is 0 Å². The number of aryl methyl sites for hydroxylation is 1. The van der Waals surface area contributed by atoms with Crippen LogP contribution in [0.5, 0.6) is 0 Å². The van der Waals surface area contributed by atoms with E-state index in [1.807, 2.05) is 37.3 Å². The first-order valence-corrected chi connectivity index (χ1v) is 8.42. The fourth-order valence-corrected chi connectivity index (χ4v) is 3.04. The predicted octanol–water partition coefficient (Wildman–Crippen LogP) is 2.06. The molecule has 0 N–H and O–H groups in total. The smallest absolute Gasteiger partial charge is 0.283 e. The summed E-state index contributed by atoms with van der Waals surface area (Å²) in [7, 11) is 1.62. The molecular formula is C18H18N6O2. The fraction of sp³-hybridized carbons (Fsp3) is 0.278. The SMILES string of the molecule is CCCn1cnc2c(nnc3c(-c4ccccc4)c(COC)nn32)c1=O. The molecule has 0 aliphatic carbocycles. The third kappa shape index (κ3) is 2.55. The van der Waals surface area contributed by atoms with Gasteiger partial charge in [0.15, 0.2) is 16.8 Å². The minimum absolute atomic E-state index is 0.208. The molecule has 1 aromatic carbocycles. The summed E-state index contributed by atoms with van der Waals surface area (Å²) in [5.41, 5.74) is 3.46. The number of ether oxygens (including phenoxy) is 1. The second-order valence-corrected chi connectivity index (χ2v) is 5.97. The summed E-state index contributed by atoms with van der Waals surface area (Å²) in [5, 5.41) is 13.1. The lowest BCUT2D eigenvalue weighted by molar-refractivity contribution is 0.181. The Balaban J connectivity index is 2.04. The number of hydrogen-bond acceptors (Lipinski definition) is 6. The van der Waals surface area contributed by atoms with Crippen LogP contribution in [0.2, 0.25) is 0 Å². The van der Waals surface area contributed by atoms with E-state index in [0.29, 0.717) is 24.4 Å². The van der Waals surface area contributed by atoms with E-state index in [9.17, 15) is 4.79 Å². The van der Waals surface area contributed by atoms with Crippen molar-refractivity contribution in [2.45, 2.75) is 26.5 Å². The molecule has 132 valence electrons. The normalized spacial score (nSPS) is 11.5. The van der Waals surface area contributed by atoms with Crippen molar-refractivity contribution in [1.29, 1.82) is 0 Å². The van der Waals surface area contributed by atoms with Crippen LogP contribution in [-0.4, -0.2) is 36.5 Å². The van der Waals surface area contributed by atoms with Crippen molar-refractivity contribution in [3.8, 4) is 11.1 Å². The topological polar surface area (TPSA) is 87.2 Å². The van der Waals surface area contributed by atoms with Crippen LogP contribution in [0.25, 0.3) is 27.9 Å². The van der Waals surface area contributed by atoms with Gasteiger partial charge in [-0.05, 0) is 12.0 Å². The summed E-state index contributed by atoms with van der Waals surface area (Å²) in [4.78, 5) is 17.0. The van der Waals surface area contributed by atoms with Crippen LogP contribution in [0, 0.1) is 0 Å². The van der Waals surface area contributed by atoms with Gasteiger partial charge in [0, 0.05) is 13.7 Å².